The van der Waals surface area contributed by atoms with Crippen LogP contribution in [0.3, 0.4) is 0 Å². The summed E-state index contributed by atoms with van der Waals surface area (Å²) in [7, 11) is 0. The van der Waals surface area contributed by atoms with Gasteiger partial charge in [0.15, 0.2) is 0 Å². The van der Waals surface area contributed by atoms with Gasteiger partial charge in [-0.25, -0.2) is 0 Å². The fourth-order valence-electron chi connectivity index (χ4n) is 7.99. The van der Waals surface area contributed by atoms with Gasteiger partial charge >= 0.3 is 0 Å². The van der Waals surface area contributed by atoms with E-state index in [-0.39, 0.29) is 5.41 Å². The molecule has 0 fully saturated rings. The Labute approximate surface area is 288 Å². The molecule has 49 heavy (non-hydrogen) atoms. The van der Waals surface area contributed by atoms with E-state index >= 15 is 0 Å². The Kier molecular flexibility index (Phi) is 6.84. The van der Waals surface area contributed by atoms with Crippen molar-refractivity contribution >= 4 is 55.7 Å². The summed E-state index contributed by atoms with van der Waals surface area (Å²) in [6.45, 7) is 4.80. The van der Waals surface area contributed by atoms with Gasteiger partial charge in [-0.15, -0.1) is 0 Å². The van der Waals surface area contributed by atoms with Gasteiger partial charge in [-0.1, -0.05) is 123 Å². The van der Waals surface area contributed by atoms with Gasteiger partial charge in [0, 0.05) is 39.5 Å². The number of hydrogen-bond acceptors (Lipinski definition) is 2. The zero-order valence-corrected chi connectivity index (χ0v) is 27.7. The summed E-state index contributed by atoms with van der Waals surface area (Å²) < 4.78 is 0. The lowest BCUT2D eigenvalue weighted by Gasteiger charge is -2.29. The van der Waals surface area contributed by atoms with Crippen LogP contribution in [-0.4, -0.2) is 0 Å². The highest BCUT2D eigenvalue weighted by molar-refractivity contribution is 6.19. The van der Waals surface area contributed by atoms with Crippen LogP contribution >= 0.6 is 0 Å². The van der Waals surface area contributed by atoms with Gasteiger partial charge in [-0.3, -0.25) is 0 Å². The van der Waals surface area contributed by atoms with E-state index in [9.17, 15) is 0 Å². The number of benzene rings is 8. The first-order valence-corrected chi connectivity index (χ1v) is 17.0. The van der Waals surface area contributed by atoms with Crippen LogP contribution in [0.2, 0.25) is 0 Å². The molecule has 0 radical (unpaired) electrons. The third kappa shape index (κ3) is 4.71. The van der Waals surface area contributed by atoms with Crippen LogP contribution in [0, 0.1) is 0 Å². The number of fused-ring (bicyclic) bond motifs is 8. The predicted molar refractivity (Wildman–Crippen MR) is 208 cm³/mol. The van der Waals surface area contributed by atoms with Crippen molar-refractivity contribution in [1.82, 2.24) is 0 Å². The molecule has 0 amide bonds. The second-order valence-electron chi connectivity index (χ2n) is 13.4. The van der Waals surface area contributed by atoms with Crippen LogP contribution in [0.5, 0.6) is 0 Å². The van der Waals surface area contributed by atoms with Crippen LogP contribution in [0.1, 0.15) is 25.0 Å². The van der Waals surface area contributed by atoms with Crippen molar-refractivity contribution in [2.24, 2.45) is 0 Å². The Bertz CT molecular complexity index is 2370. The largest absolute Gasteiger partial charge is 0.310 e. The number of para-hydroxylation sites is 4. The van der Waals surface area contributed by atoms with E-state index in [1.54, 1.807) is 0 Å². The predicted octanol–water partition coefficient (Wildman–Crippen LogP) is 13.2. The molecule has 0 saturated carbocycles. The minimum Gasteiger partial charge on any atom is -0.310 e. The molecule has 0 aliphatic heterocycles. The lowest BCUT2D eigenvalue weighted by molar-refractivity contribution is 0.666. The van der Waals surface area contributed by atoms with Crippen LogP contribution in [-0.2, 0) is 5.41 Å². The van der Waals surface area contributed by atoms with E-state index in [1.165, 1.54) is 43.8 Å². The molecule has 9 rings (SSSR count). The molecule has 0 heterocycles. The Morgan fingerprint density at radius 2 is 0.776 bits per heavy atom. The van der Waals surface area contributed by atoms with Crippen LogP contribution in [0.25, 0.3) is 32.7 Å². The van der Waals surface area contributed by atoms with Crippen molar-refractivity contribution in [3.63, 3.8) is 0 Å². The minimum absolute atomic E-state index is 0.220. The fourth-order valence-corrected chi connectivity index (χ4v) is 7.99. The maximum atomic E-state index is 2.43. The molecule has 0 spiro atoms. The topological polar surface area (TPSA) is 6.48 Å². The van der Waals surface area contributed by atoms with Gasteiger partial charge in [-0.05, 0) is 117 Å². The highest BCUT2D eigenvalue weighted by Crippen LogP contribution is 2.56. The van der Waals surface area contributed by atoms with Crippen molar-refractivity contribution in [1.29, 1.82) is 0 Å². The summed E-state index contributed by atoms with van der Waals surface area (Å²) in [6.07, 6.45) is 0. The summed E-state index contributed by atoms with van der Waals surface area (Å²) in [5.41, 5.74) is 12.1. The lowest BCUT2D eigenvalue weighted by Crippen LogP contribution is -2.17. The van der Waals surface area contributed by atoms with Crippen molar-refractivity contribution in [3.8, 4) is 11.1 Å². The Hall–Kier alpha value is -6.12. The lowest BCUT2D eigenvalue weighted by atomic mass is 9.79. The van der Waals surface area contributed by atoms with Crippen LogP contribution in [0.15, 0.2) is 182 Å². The van der Waals surface area contributed by atoms with Crippen molar-refractivity contribution in [3.05, 3.63) is 193 Å². The van der Waals surface area contributed by atoms with Crippen molar-refractivity contribution in [2.45, 2.75) is 19.3 Å². The summed E-state index contributed by atoms with van der Waals surface area (Å²) in [5.74, 6) is 0. The minimum atomic E-state index is -0.220. The monoisotopic (exact) mass is 628 g/mol. The average Bonchev–Trinajstić information content (AvgIpc) is 3.40. The quantitative estimate of drug-likeness (QED) is 0.169. The first-order chi connectivity index (χ1) is 24.1. The van der Waals surface area contributed by atoms with Gasteiger partial charge in [0.25, 0.3) is 0 Å². The molecule has 1 aliphatic carbocycles. The molecule has 0 atom stereocenters. The van der Waals surface area contributed by atoms with E-state index in [0.29, 0.717) is 0 Å². The molecule has 0 aromatic heterocycles. The van der Waals surface area contributed by atoms with Gasteiger partial charge in [0.2, 0.25) is 0 Å². The van der Waals surface area contributed by atoms with E-state index in [1.807, 2.05) is 0 Å². The van der Waals surface area contributed by atoms with Gasteiger partial charge in [0.05, 0.1) is 0 Å². The first-order valence-electron chi connectivity index (χ1n) is 17.0. The SMILES string of the molecule is CC1(C)c2cc(N(c3ccccc3)c3ccccc3)ccc2-c2c1c1ccc(N(c3ccccc3)c3ccccc3)cc1c1ccccc21. The zero-order valence-electron chi connectivity index (χ0n) is 27.7. The molecule has 0 N–H and O–H groups in total. The normalized spacial score (nSPS) is 12.9. The van der Waals surface area contributed by atoms with E-state index in [4.69, 9.17) is 0 Å². The van der Waals surface area contributed by atoms with E-state index in [2.05, 4.69) is 206 Å². The summed E-state index contributed by atoms with van der Waals surface area (Å²) in [4.78, 5) is 4.72. The average molecular weight is 629 g/mol. The van der Waals surface area contributed by atoms with E-state index in [0.717, 1.165) is 34.1 Å². The third-order valence-corrected chi connectivity index (χ3v) is 10.2. The second-order valence-corrected chi connectivity index (χ2v) is 13.4. The Morgan fingerprint density at radius 1 is 0.347 bits per heavy atom. The smallest absolute Gasteiger partial charge is 0.0468 e. The zero-order chi connectivity index (χ0) is 33.0. The molecule has 0 unspecified atom stereocenters. The third-order valence-electron chi connectivity index (χ3n) is 10.2. The van der Waals surface area contributed by atoms with Crippen LogP contribution < -0.4 is 9.80 Å². The van der Waals surface area contributed by atoms with Gasteiger partial charge in [-0.2, -0.15) is 0 Å². The summed E-state index contributed by atoms with van der Waals surface area (Å²) in [5, 5.41) is 5.17. The van der Waals surface area contributed by atoms with E-state index < -0.39 is 0 Å². The molecule has 0 bridgehead atoms. The number of anilines is 6. The number of hydrogen-bond donors (Lipinski definition) is 0. The van der Waals surface area contributed by atoms with Gasteiger partial charge in [0.1, 0.15) is 0 Å². The molecule has 0 saturated heterocycles. The molecule has 8 aromatic carbocycles. The number of rotatable bonds is 6. The maximum absolute atomic E-state index is 2.43. The molecular formula is C47H36N2. The number of nitrogens with zero attached hydrogens (tertiary/aromatic N) is 2. The Morgan fingerprint density at radius 3 is 1.29 bits per heavy atom. The highest BCUT2D eigenvalue weighted by atomic mass is 15.1. The molecule has 8 aromatic rings. The van der Waals surface area contributed by atoms with Crippen LogP contribution in [0.4, 0.5) is 34.1 Å². The molecule has 2 nitrogen and oxygen atoms in total. The molecule has 234 valence electrons. The molecule has 2 heteroatoms. The highest BCUT2D eigenvalue weighted by Gasteiger charge is 2.39. The first kappa shape index (κ1) is 29.1. The summed E-state index contributed by atoms with van der Waals surface area (Å²) in [6, 6.07) is 65.8. The van der Waals surface area contributed by atoms with Crippen molar-refractivity contribution in [2.75, 3.05) is 9.80 Å². The van der Waals surface area contributed by atoms with Crippen molar-refractivity contribution < 1.29 is 0 Å². The molecular weight excluding hydrogens is 593 g/mol. The fraction of sp³-hybridized carbons (Fsp3) is 0.0638. The summed E-state index contributed by atoms with van der Waals surface area (Å²) >= 11 is 0. The molecule has 1 aliphatic rings. The standard InChI is InChI=1S/C47H36N2/c1-47(2)44-32-38(49(35-21-11-5-12-22-35)36-23-13-6-14-24-36)28-30-42(44)45-40-26-16-15-25-39(40)43-31-37(27-29-41(43)46(45)47)48(33-17-7-3-8-18-33)34-19-9-4-10-20-34/h3-32H,1-2H3. The Balaban J connectivity index is 1.26. The maximum Gasteiger partial charge on any atom is 0.0468 e. The second kappa shape index (κ2) is 11.5. The van der Waals surface area contributed by atoms with Gasteiger partial charge < -0.3 is 9.80 Å².